The van der Waals surface area contributed by atoms with Crippen LogP contribution in [0.1, 0.15) is 12.0 Å². The quantitative estimate of drug-likeness (QED) is 0.332. The number of hydrogen-bond acceptors (Lipinski definition) is 7. The molecule has 1 saturated heterocycles. The molecule has 9 nitrogen and oxygen atoms in total. The highest BCUT2D eigenvalue weighted by molar-refractivity contribution is 7.99. The van der Waals surface area contributed by atoms with E-state index in [1.807, 2.05) is 30.3 Å². The van der Waals surface area contributed by atoms with E-state index in [1.165, 1.54) is 12.1 Å². The van der Waals surface area contributed by atoms with Crippen LogP contribution in [0, 0.1) is 16.0 Å². The summed E-state index contributed by atoms with van der Waals surface area (Å²) in [6, 6.07) is 13.4. The van der Waals surface area contributed by atoms with Gasteiger partial charge in [0.25, 0.3) is 5.69 Å². The minimum Gasteiger partial charge on any atom is -0.378 e. The van der Waals surface area contributed by atoms with Crippen LogP contribution in [0.3, 0.4) is 0 Å². The number of hydrogen-bond donors (Lipinski definition) is 1. The largest absolute Gasteiger partial charge is 0.378 e. The van der Waals surface area contributed by atoms with Crippen molar-refractivity contribution in [3.63, 3.8) is 0 Å². The topological polar surface area (TPSA) is 133 Å². The van der Waals surface area contributed by atoms with Crippen LogP contribution in [0.15, 0.2) is 58.3 Å². The van der Waals surface area contributed by atoms with Gasteiger partial charge in [-0.2, -0.15) is 0 Å². The van der Waals surface area contributed by atoms with Crippen LogP contribution in [-0.4, -0.2) is 56.2 Å². The van der Waals surface area contributed by atoms with Gasteiger partial charge in [0.1, 0.15) is 0 Å². The number of primary sulfonamides is 1. The van der Waals surface area contributed by atoms with Crippen molar-refractivity contribution in [3.05, 3.63) is 64.2 Å². The van der Waals surface area contributed by atoms with E-state index in [2.05, 4.69) is 0 Å². The molecule has 0 aliphatic carbocycles. The van der Waals surface area contributed by atoms with Crippen LogP contribution in [0.25, 0.3) is 0 Å². The van der Waals surface area contributed by atoms with Crippen LogP contribution in [0.2, 0.25) is 0 Å². The van der Waals surface area contributed by atoms with Crippen molar-refractivity contribution in [2.24, 2.45) is 11.1 Å². The van der Waals surface area contributed by atoms with Crippen LogP contribution in [0.5, 0.6) is 0 Å². The van der Waals surface area contributed by atoms with Gasteiger partial charge >= 0.3 is 0 Å². The van der Waals surface area contributed by atoms with E-state index >= 15 is 0 Å². The number of nitrogens with zero attached hydrogens (tertiary/aromatic N) is 2. The van der Waals surface area contributed by atoms with Gasteiger partial charge < -0.3 is 9.64 Å². The molecule has 0 unspecified atom stereocenters. The molecule has 2 N–H and O–H groups in total. The lowest BCUT2D eigenvalue weighted by Crippen LogP contribution is -2.41. The normalized spacial score (nSPS) is 15.3. The Morgan fingerprint density at radius 3 is 2.50 bits per heavy atom. The number of carbonyl (C=O) groups excluding carboxylic acids is 1. The minimum absolute atomic E-state index is 0.0178. The van der Waals surface area contributed by atoms with E-state index in [4.69, 9.17) is 9.88 Å². The van der Waals surface area contributed by atoms with Crippen molar-refractivity contribution in [1.82, 2.24) is 4.90 Å². The summed E-state index contributed by atoms with van der Waals surface area (Å²) in [5.74, 6) is 0.374. The summed E-state index contributed by atoms with van der Waals surface area (Å²) in [4.78, 5) is 26.3. The molecule has 32 heavy (non-hydrogen) atoms. The van der Waals surface area contributed by atoms with E-state index < -0.39 is 14.9 Å². The number of thioether (sulfide) groups is 1. The lowest BCUT2D eigenvalue weighted by molar-refractivity contribution is -0.385. The maximum atomic E-state index is 12.8. The second-order valence-electron chi connectivity index (χ2n) is 7.48. The molecule has 0 aromatic heterocycles. The van der Waals surface area contributed by atoms with Gasteiger partial charge in [0, 0.05) is 41.8 Å². The standard InChI is InChI=1S/C21H25N3O6S2/c22-32(28,29)19-7-6-17(20(14-19)24(26)27)12-16(15-31-18-4-2-1-3-5-18)13-21(25)23-8-10-30-11-9-23/h1-7,14,16H,8-13,15H2,(H2,22,28,29)/t16-/m1/s1. The lowest BCUT2D eigenvalue weighted by Gasteiger charge is -2.28. The zero-order valence-electron chi connectivity index (χ0n) is 17.4. The number of benzene rings is 2. The molecule has 1 aliphatic rings. The van der Waals surface area contributed by atoms with E-state index in [-0.39, 0.29) is 35.2 Å². The van der Waals surface area contributed by atoms with Gasteiger partial charge in [-0.1, -0.05) is 24.3 Å². The molecule has 1 fully saturated rings. The molecule has 1 amide bonds. The number of sulfonamides is 1. The number of morpholine rings is 1. The first kappa shape index (κ1) is 24.2. The second-order valence-corrected chi connectivity index (χ2v) is 10.1. The second kappa shape index (κ2) is 10.9. The molecule has 3 rings (SSSR count). The fourth-order valence-corrected chi connectivity index (χ4v) is 5.03. The first-order chi connectivity index (χ1) is 15.2. The Hall–Kier alpha value is -2.47. The van der Waals surface area contributed by atoms with Crippen LogP contribution in [-0.2, 0) is 26.0 Å². The number of nitro benzene ring substituents is 1. The summed E-state index contributed by atoms with van der Waals surface area (Å²) >= 11 is 1.58. The highest BCUT2D eigenvalue weighted by Crippen LogP contribution is 2.29. The Kier molecular flexibility index (Phi) is 8.24. The minimum atomic E-state index is -4.07. The van der Waals surface area contributed by atoms with Crippen molar-refractivity contribution >= 4 is 33.4 Å². The molecular formula is C21H25N3O6S2. The van der Waals surface area contributed by atoms with Crippen molar-refractivity contribution in [3.8, 4) is 0 Å². The van der Waals surface area contributed by atoms with E-state index in [0.717, 1.165) is 11.0 Å². The van der Waals surface area contributed by atoms with Crippen molar-refractivity contribution < 1.29 is 22.9 Å². The third kappa shape index (κ3) is 6.76. The smallest absolute Gasteiger partial charge is 0.273 e. The Morgan fingerprint density at radius 1 is 1.19 bits per heavy atom. The van der Waals surface area contributed by atoms with Gasteiger partial charge in [0.05, 0.1) is 23.0 Å². The molecule has 2 aromatic carbocycles. The Labute approximate surface area is 191 Å². The molecule has 0 radical (unpaired) electrons. The van der Waals surface area contributed by atoms with E-state index in [0.29, 0.717) is 37.6 Å². The molecule has 0 saturated carbocycles. The summed E-state index contributed by atoms with van der Waals surface area (Å²) < 4.78 is 28.5. The van der Waals surface area contributed by atoms with Crippen LogP contribution in [0.4, 0.5) is 5.69 Å². The van der Waals surface area contributed by atoms with E-state index in [9.17, 15) is 23.3 Å². The van der Waals surface area contributed by atoms with Crippen LogP contribution < -0.4 is 5.14 Å². The van der Waals surface area contributed by atoms with Crippen LogP contribution >= 0.6 is 11.8 Å². The first-order valence-electron chi connectivity index (χ1n) is 10.1. The predicted octanol–water partition coefficient (Wildman–Crippen LogP) is 2.44. The summed E-state index contributed by atoms with van der Waals surface area (Å²) in [5.41, 5.74) is 0.0564. The lowest BCUT2D eigenvalue weighted by atomic mass is 9.96. The molecule has 1 aliphatic heterocycles. The van der Waals surface area contributed by atoms with Gasteiger partial charge in [-0.05, 0) is 30.5 Å². The van der Waals surface area contributed by atoms with Gasteiger partial charge in [0.15, 0.2) is 0 Å². The monoisotopic (exact) mass is 479 g/mol. The summed E-state index contributed by atoms with van der Waals surface area (Å²) in [6.07, 6.45) is 0.491. The average molecular weight is 480 g/mol. The molecule has 1 heterocycles. The fourth-order valence-electron chi connectivity index (χ4n) is 3.48. The maximum Gasteiger partial charge on any atom is 0.273 e. The highest BCUT2D eigenvalue weighted by Gasteiger charge is 2.25. The molecule has 172 valence electrons. The van der Waals surface area contributed by atoms with Gasteiger partial charge in [-0.3, -0.25) is 14.9 Å². The molecule has 0 bridgehead atoms. The third-order valence-corrected chi connectivity index (χ3v) is 7.30. The van der Waals surface area contributed by atoms with Gasteiger partial charge in [-0.25, -0.2) is 13.6 Å². The molecule has 0 spiro atoms. The molecule has 2 aromatic rings. The third-order valence-electron chi connectivity index (χ3n) is 5.15. The Balaban J connectivity index is 1.81. The number of amides is 1. The summed E-state index contributed by atoms with van der Waals surface area (Å²) in [7, 11) is -4.07. The number of ether oxygens (including phenoxy) is 1. The van der Waals surface area contributed by atoms with Crippen molar-refractivity contribution in [2.45, 2.75) is 22.6 Å². The van der Waals surface area contributed by atoms with Gasteiger partial charge in [-0.15, -0.1) is 11.8 Å². The summed E-state index contributed by atoms with van der Waals surface area (Å²) in [5, 5.41) is 16.7. The van der Waals surface area contributed by atoms with E-state index in [1.54, 1.807) is 16.7 Å². The number of nitro groups is 1. The van der Waals surface area contributed by atoms with Crippen molar-refractivity contribution in [2.75, 3.05) is 32.1 Å². The average Bonchev–Trinajstić information content (AvgIpc) is 2.78. The van der Waals surface area contributed by atoms with Gasteiger partial charge in [0.2, 0.25) is 15.9 Å². The Morgan fingerprint density at radius 2 is 1.88 bits per heavy atom. The SMILES string of the molecule is NS(=O)(=O)c1ccc(C[C@@H](CSc2ccccc2)CC(=O)N2CCOCC2)c([N+](=O)[O-])c1. The zero-order valence-corrected chi connectivity index (χ0v) is 19.0. The number of nitrogens with two attached hydrogens (primary N) is 1. The molecule has 1 atom stereocenters. The van der Waals surface area contributed by atoms with Crippen molar-refractivity contribution in [1.29, 1.82) is 0 Å². The first-order valence-corrected chi connectivity index (χ1v) is 12.6. The molecule has 11 heteroatoms. The summed E-state index contributed by atoms with van der Waals surface area (Å²) in [6.45, 7) is 2.05. The number of carbonyl (C=O) groups is 1. The maximum absolute atomic E-state index is 12.8. The molecular weight excluding hydrogens is 454 g/mol. The fraction of sp³-hybridized carbons (Fsp3) is 0.381. The zero-order chi connectivity index (χ0) is 23.1. The predicted molar refractivity (Wildman–Crippen MR) is 121 cm³/mol. The highest BCUT2D eigenvalue weighted by atomic mass is 32.2. The Bertz CT molecular complexity index is 1060. The number of rotatable bonds is 9.